The fourth-order valence-corrected chi connectivity index (χ4v) is 5.23. The highest BCUT2D eigenvalue weighted by molar-refractivity contribution is 9.10. The molecule has 0 radical (unpaired) electrons. The van der Waals surface area contributed by atoms with Gasteiger partial charge in [0.1, 0.15) is 11.6 Å². The Morgan fingerprint density at radius 1 is 1.34 bits per heavy atom. The molecule has 0 saturated carbocycles. The third kappa shape index (κ3) is 5.04. The average molecular weight is 487 g/mol. The van der Waals surface area contributed by atoms with E-state index in [0.717, 1.165) is 5.56 Å². The molecule has 29 heavy (non-hydrogen) atoms. The molecule has 0 unspecified atom stereocenters. The number of hydrogen-bond acceptors (Lipinski definition) is 4. The molecule has 1 aromatic heterocycles. The van der Waals surface area contributed by atoms with E-state index in [-0.39, 0.29) is 22.7 Å². The van der Waals surface area contributed by atoms with Crippen molar-refractivity contribution < 1.29 is 17.6 Å². The zero-order valence-corrected chi connectivity index (χ0v) is 18.8. The van der Waals surface area contributed by atoms with Crippen molar-refractivity contribution in [1.29, 1.82) is 0 Å². The van der Waals surface area contributed by atoms with Gasteiger partial charge in [-0.3, -0.25) is 4.79 Å². The number of aromatic nitrogens is 2. The minimum Gasteiger partial charge on any atom is -0.356 e. The van der Waals surface area contributed by atoms with Crippen LogP contribution in [0.2, 0.25) is 0 Å². The molecule has 1 amide bonds. The zero-order valence-electron chi connectivity index (χ0n) is 16.4. The summed E-state index contributed by atoms with van der Waals surface area (Å²) in [6.07, 6.45) is 3.05. The highest BCUT2D eigenvalue weighted by Gasteiger charge is 2.33. The van der Waals surface area contributed by atoms with Crippen LogP contribution in [0.5, 0.6) is 0 Å². The molecule has 0 spiro atoms. The van der Waals surface area contributed by atoms with Crippen LogP contribution >= 0.6 is 15.9 Å². The van der Waals surface area contributed by atoms with E-state index in [4.69, 9.17) is 0 Å². The second kappa shape index (κ2) is 8.93. The van der Waals surface area contributed by atoms with E-state index >= 15 is 0 Å². The maximum absolute atomic E-state index is 13.3. The number of nitrogens with one attached hydrogen (secondary N) is 1. The van der Waals surface area contributed by atoms with Crippen molar-refractivity contribution in [2.75, 3.05) is 19.6 Å². The van der Waals surface area contributed by atoms with E-state index < -0.39 is 10.0 Å². The molecule has 7 nitrogen and oxygen atoms in total. The van der Waals surface area contributed by atoms with E-state index in [1.54, 1.807) is 30.7 Å². The van der Waals surface area contributed by atoms with Crippen LogP contribution in [0.3, 0.4) is 0 Å². The molecule has 1 aliphatic heterocycles. The molecule has 0 aliphatic carbocycles. The minimum absolute atomic E-state index is 0.0471. The number of nitrogens with zero attached hydrogens (tertiary/aromatic N) is 3. The molecule has 1 aliphatic rings. The average Bonchev–Trinajstić information content (AvgIpc) is 3.04. The van der Waals surface area contributed by atoms with Crippen molar-refractivity contribution in [1.82, 2.24) is 19.2 Å². The molecule has 2 aromatic rings. The highest BCUT2D eigenvalue weighted by atomic mass is 79.9. The van der Waals surface area contributed by atoms with Crippen LogP contribution in [-0.4, -0.2) is 47.8 Å². The minimum atomic E-state index is -3.64. The molecule has 10 heteroatoms. The molecule has 0 bridgehead atoms. The van der Waals surface area contributed by atoms with Gasteiger partial charge in [0.25, 0.3) is 10.0 Å². The molecule has 2 heterocycles. The van der Waals surface area contributed by atoms with Gasteiger partial charge in [-0.1, -0.05) is 6.07 Å². The van der Waals surface area contributed by atoms with Gasteiger partial charge in [-0.15, -0.1) is 0 Å². The number of rotatable bonds is 6. The predicted octanol–water partition coefficient (Wildman–Crippen LogP) is 2.39. The van der Waals surface area contributed by atoms with E-state index in [2.05, 4.69) is 26.2 Å². The van der Waals surface area contributed by atoms with Crippen molar-refractivity contribution in [2.24, 2.45) is 13.0 Å². The van der Waals surface area contributed by atoms with Crippen LogP contribution < -0.4 is 5.32 Å². The van der Waals surface area contributed by atoms with E-state index in [0.29, 0.717) is 49.2 Å². The Balaban J connectivity index is 1.49. The second-order valence-corrected chi connectivity index (χ2v) is 9.94. The van der Waals surface area contributed by atoms with Gasteiger partial charge in [0.15, 0.2) is 5.03 Å². The third-order valence-corrected chi connectivity index (χ3v) is 7.59. The maximum atomic E-state index is 13.3. The van der Waals surface area contributed by atoms with Gasteiger partial charge >= 0.3 is 0 Å². The topological polar surface area (TPSA) is 84.3 Å². The molecule has 1 N–H and O–H groups in total. The summed E-state index contributed by atoms with van der Waals surface area (Å²) >= 11 is 3.15. The number of amides is 1. The first-order chi connectivity index (χ1) is 13.7. The summed E-state index contributed by atoms with van der Waals surface area (Å²) < 4.78 is 42.2. The Morgan fingerprint density at radius 3 is 2.62 bits per heavy atom. The molecular weight excluding hydrogens is 463 g/mol. The van der Waals surface area contributed by atoms with Gasteiger partial charge in [0.2, 0.25) is 5.91 Å². The first kappa shape index (κ1) is 21.9. The largest absolute Gasteiger partial charge is 0.356 e. The molecular formula is C19H24BrFN4O3S. The van der Waals surface area contributed by atoms with Crippen molar-refractivity contribution in [3.8, 4) is 0 Å². The van der Waals surface area contributed by atoms with Crippen LogP contribution in [0.15, 0.2) is 33.9 Å². The lowest BCUT2D eigenvalue weighted by atomic mass is 9.97. The van der Waals surface area contributed by atoms with Crippen LogP contribution in [0, 0.1) is 18.7 Å². The standard InChI is InChI=1S/C19H24BrFN4O3S/c1-13-23-18(12-24(13)2)29(27,28)25-9-6-15(7-10-25)19(26)22-8-5-14-3-4-17(21)16(20)11-14/h3-4,11-12,15H,5-10H2,1-2H3,(H,22,26). The van der Waals surface area contributed by atoms with Crippen LogP contribution in [0.1, 0.15) is 24.2 Å². The normalized spacial score (nSPS) is 16.1. The number of carbonyl (C=O) groups excluding carboxylic acids is 1. The van der Waals surface area contributed by atoms with Gasteiger partial charge in [0, 0.05) is 38.8 Å². The molecule has 3 rings (SSSR count). The van der Waals surface area contributed by atoms with Crippen molar-refractivity contribution >= 4 is 31.9 Å². The summed E-state index contributed by atoms with van der Waals surface area (Å²) in [6, 6.07) is 4.78. The summed E-state index contributed by atoms with van der Waals surface area (Å²) in [4.78, 5) is 16.5. The van der Waals surface area contributed by atoms with Crippen LogP contribution in [0.25, 0.3) is 0 Å². The van der Waals surface area contributed by atoms with Crippen molar-refractivity contribution in [2.45, 2.75) is 31.2 Å². The number of halogens is 2. The number of imidazole rings is 1. The van der Waals surface area contributed by atoms with Crippen LogP contribution in [-0.2, 0) is 28.3 Å². The van der Waals surface area contributed by atoms with Crippen LogP contribution in [0.4, 0.5) is 4.39 Å². The lowest BCUT2D eigenvalue weighted by Crippen LogP contribution is -2.43. The van der Waals surface area contributed by atoms with Gasteiger partial charge in [-0.2, -0.15) is 4.31 Å². The Kier molecular flexibility index (Phi) is 6.75. The lowest BCUT2D eigenvalue weighted by Gasteiger charge is -2.29. The zero-order chi connectivity index (χ0) is 21.2. The Morgan fingerprint density at radius 2 is 2.03 bits per heavy atom. The Labute approximate surface area is 178 Å². The smallest absolute Gasteiger partial charge is 0.262 e. The highest BCUT2D eigenvalue weighted by Crippen LogP contribution is 2.23. The van der Waals surface area contributed by atoms with Crippen molar-refractivity contribution in [3.05, 3.63) is 46.1 Å². The molecule has 1 saturated heterocycles. The number of hydrogen-bond donors (Lipinski definition) is 1. The number of carbonyl (C=O) groups is 1. The summed E-state index contributed by atoms with van der Waals surface area (Å²) in [6.45, 7) is 2.78. The lowest BCUT2D eigenvalue weighted by molar-refractivity contribution is -0.126. The fourth-order valence-electron chi connectivity index (χ4n) is 3.31. The van der Waals surface area contributed by atoms with Gasteiger partial charge in [-0.05, 0) is 59.8 Å². The number of benzene rings is 1. The number of aryl methyl sites for hydroxylation is 2. The molecule has 1 fully saturated rings. The summed E-state index contributed by atoms with van der Waals surface area (Å²) in [5, 5.41) is 2.95. The summed E-state index contributed by atoms with van der Waals surface area (Å²) in [5.41, 5.74) is 0.921. The monoisotopic (exact) mass is 486 g/mol. The van der Waals surface area contributed by atoms with Gasteiger partial charge < -0.3 is 9.88 Å². The van der Waals surface area contributed by atoms with E-state index in [9.17, 15) is 17.6 Å². The van der Waals surface area contributed by atoms with E-state index in [1.807, 2.05) is 0 Å². The third-order valence-electron chi connectivity index (χ3n) is 5.21. The number of sulfonamides is 1. The Hall–Kier alpha value is -1.78. The predicted molar refractivity (Wildman–Crippen MR) is 110 cm³/mol. The molecule has 1 aromatic carbocycles. The molecule has 0 atom stereocenters. The Bertz CT molecular complexity index is 981. The summed E-state index contributed by atoms with van der Waals surface area (Å²) in [7, 11) is -1.89. The summed E-state index contributed by atoms with van der Waals surface area (Å²) in [5.74, 6) is 0.0233. The van der Waals surface area contributed by atoms with Gasteiger partial charge in [0.05, 0.1) is 4.47 Å². The number of piperidine rings is 1. The molecule has 158 valence electrons. The quantitative estimate of drug-likeness (QED) is 0.679. The first-order valence-corrected chi connectivity index (χ1v) is 11.6. The van der Waals surface area contributed by atoms with Crippen molar-refractivity contribution in [3.63, 3.8) is 0 Å². The van der Waals surface area contributed by atoms with Gasteiger partial charge in [-0.25, -0.2) is 17.8 Å². The first-order valence-electron chi connectivity index (χ1n) is 9.40. The second-order valence-electron chi connectivity index (χ2n) is 7.21. The SMILES string of the molecule is Cc1nc(S(=O)(=O)N2CCC(C(=O)NCCc3ccc(F)c(Br)c3)CC2)cn1C. The fraction of sp³-hybridized carbons (Fsp3) is 0.474. The van der Waals surface area contributed by atoms with E-state index in [1.165, 1.54) is 16.6 Å². The maximum Gasteiger partial charge on any atom is 0.262 e.